The summed E-state index contributed by atoms with van der Waals surface area (Å²) in [5, 5.41) is 8.56. The normalized spacial score (nSPS) is 24.2. The molecule has 0 saturated heterocycles. The van der Waals surface area contributed by atoms with Gasteiger partial charge in [0.15, 0.2) is 0 Å². The van der Waals surface area contributed by atoms with Crippen molar-refractivity contribution in [1.82, 2.24) is 0 Å². The minimum atomic E-state index is -0.401. The van der Waals surface area contributed by atoms with E-state index in [9.17, 15) is 4.79 Å². The monoisotopic (exact) mass is 230 g/mol. The molecule has 0 aromatic rings. The van der Waals surface area contributed by atoms with E-state index >= 15 is 0 Å². The van der Waals surface area contributed by atoms with Gasteiger partial charge in [-0.05, 0) is 39.5 Å². The van der Waals surface area contributed by atoms with E-state index in [0.717, 1.165) is 6.42 Å². The van der Waals surface area contributed by atoms with Crippen molar-refractivity contribution in [2.75, 3.05) is 19.8 Å². The van der Waals surface area contributed by atoms with Crippen LogP contribution in [0, 0.1) is 11.8 Å². The van der Waals surface area contributed by atoms with Crippen LogP contribution in [0.1, 0.15) is 33.6 Å². The molecule has 1 aliphatic carbocycles. The lowest BCUT2D eigenvalue weighted by Gasteiger charge is -2.19. The summed E-state index contributed by atoms with van der Waals surface area (Å²) in [4.78, 5) is 11.6. The lowest BCUT2D eigenvalue weighted by molar-refractivity contribution is -0.157. The van der Waals surface area contributed by atoms with Crippen molar-refractivity contribution in [2.45, 2.75) is 39.2 Å². The Morgan fingerprint density at radius 1 is 1.44 bits per heavy atom. The van der Waals surface area contributed by atoms with E-state index in [4.69, 9.17) is 14.6 Å². The van der Waals surface area contributed by atoms with E-state index in [-0.39, 0.29) is 18.5 Å². The van der Waals surface area contributed by atoms with Crippen molar-refractivity contribution < 1.29 is 19.4 Å². The topological polar surface area (TPSA) is 55.8 Å². The summed E-state index contributed by atoms with van der Waals surface area (Å²) in [7, 11) is 0. The van der Waals surface area contributed by atoms with Crippen molar-refractivity contribution in [3.63, 3.8) is 0 Å². The number of ether oxygens (including phenoxy) is 2. The number of carbonyl (C=O) groups excluding carboxylic acids is 1. The van der Waals surface area contributed by atoms with Gasteiger partial charge in [0.1, 0.15) is 5.60 Å². The van der Waals surface area contributed by atoms with Gasteiger partial charge in [-0.25, -0.2) is 0 Å². The van der Waals surface area contributed by atoms with Crippen LogP contribution in [0.15, 0.2) is 0 Å². The molecular weight excluding hydrogens is 208 g/mol. The minimum absolute atomic E-state index is 0.0216. The fourth-order valence-corrected chi connectivity index (χ4v) is 1.50. The van der Waals surface area contributed by atoms with Crippen molar-refractivity contribution in [3.8, 4) is 0 Å². The number of aliphatic hydroxyl groups is 1. The van der Waals surface area contributed by atoms with Crippen molar-refractivity contribution in [3.05, 3.63) is 0 Å². The maximum absolute atomic E-state index is 11.6. The average Bonchev–Trinajstić information content (AvgIpc) is 2.89. The van der Waals surface area contributed by atoms with Gasteiger partial charge in [0, 0.05) is 13.2 Å². The molecule has 1 N–H and O–H groups in total. The van der Waals surface area contributed by atoms with Gasteiger partial charge in [0.05, 0.1) is 12.5 Å². The zero-order valence-corrected chi connectivity index (χ0v) is 10.4. The third kappa shape index (κ3) is 4.94. The molecule has 1 fully saturated rings. The first kappa shape index (κ1) is 13.5. The summed E-state index contributed by atoms with van der Waals surface area (Å²) in [6.07, 6.45) is 1.53. The van der Waals surface area contributed by atoms with E-state index in [0.29, 0.717) is 25.6 Å². The standard InChI is InChI=1S/C12H22O4/c1-12(2,3)16-11(14)10-7-9(10)8-15-6-4-5-13/h9-10,13H,4-8H2,1-3H3/t9-,10+/m1/s1. The smallest absolute Gasteiger partial charge is 0.309 e. The first-order valence-electron chi connectivity index (χ1n) is 5.85. The van der Waals surface area contributed by atoms with Crippen LogP contribution < -0.4 is 0 Å². The van der Waals surface area contributed by atoms with Gasteiger partial charge < -0.3 is 14.6 Å². The van der Waals surface area contributed by atoms with Crippen LogP contribution >= 0.6 is 0 Å². The molecule has 0 aromatic heterocycles. The zero-order valence-electron chi connectivity index (χ0n) is 10.4. The van der Waals surface area contributed by atoms with Gasteiger partial charge in [0.2, 0.25) is 0 Å². The second-order valence-corrected chi connectivity index (χ2v) is 5.29. The summed E-state index contributed by atoms with van der Waals surface area (Å²) >= 11 is 0. The van der Waals surface area contributed by atoms with Crippen LogP contribution in [0.2, 0.25) is 0 Å². The van der Waals surface area contributed by atoms with Crippen LogP contribution in [0.4, 0.5) is 0 Å². The summed E-state index contributed by atoms with van der Waals surface area (Å²) in [5.74, 6) is 0.227. The van der Waals surface area contributed by atoms with E-state index < -0.39 is 5.60 Å². The Labute approximate surface area is 96.9 Å². The number of hydrogen-bond donors (Lipinski definition) is 1. The molecule has 4 heteroatoms. The number of esters is 1. The second-order valence-electron chi connectivity index (χ2n) is 5.29. The van der Waals surface area contributed by atoms with Crippen LogP contribution in [-0.2, 0) is 14.3 Å². The van der Waals surface area contributed by atoms with Crippen LogP contribution in [-0.4, -0.2) is 36.5 Å². The van der Waals surface area contributed by atoms with Crippen LogP contribution in [0.25, 0.3) is 0 Å². The molecule has 1 aliphatic rings. The molecule has 0 heterocycles. The number of carbonyl (C=O) groups is 1. The zero-order chi connectivity index (χ0) is 12.2. The van der Waals surface area contributed by atoms with Gasteiger partial charge in [-0.2, -0.15) is 0 Å². The fourth-order valence-electron chi connectivity index (χ4n) is 1.50. The predicted molar refractivity (Wildman–Crippen MR) is 60.0 cm³/mol. The highest BCUT2D eigenvalue weighted by molar-refractivity contribution is 5.76. The molecule has 94 valence electrons. The second kappa shape index (κ2) is 5.64. The SMILES string of the molecule is CC(C)(C)OC(=O)[C@H]1C[C@@H]1COCCCO. The first-order chi connectivity index (χ1) is 7.44. The van der Waals surface area contributed by atoms with Crippen molar-refractivity contribution in [2.24, 2.45) is 11.8 Å². The molecule has 1 saturated carbocycles. The molecule has 16 heavy (non-hydrogen) atoms. The Morgan fingerprint density at radius 2 is 2.12 bits per heavy atom. The average molecular weight is 230 g/mol. The molecule has 2 atom stereocenters. The Morgan fingerprint density at radius 3 is 2.69 bits per heavy atom. The molecule has 0 unspecified atom stereocenters. The lowest BCUT2D eigenvalue weighted by atomic mass is 10.2. The number of hydrogen-bond acceptors (Lipinski definition) is 4. The van der Waals surface area contributed by atoms with Crippen molar-refractivity contribution in [1.29, 1.82) is 0 Å². The minimum Gasteiger partial charge on any atom is -0.460 e. The van der Waals surface area contributed by atoms with Gasteiger partial charge in [-0.3, -0.25) is 4.79 Å². The first-order valence-corrected chi connectivity index (χ1v) is 5.85. The van der Waals surface area contributed by atoms with E-state index in [1.165, 1.54) is 0 Å². The predicted octanol–water partition coefficient (Wildman–Crippen LogP) is 1.36. The van der Waals surface area contributed by atoms with Gasteiger partial charge in [0.25, 0.3) is 0 Å². The van der Waals surface area contributed by atoms with Crippen LogP contribution in [0.5, 0.6) is 0 Å². The van der Waals surface area contributed by atoms with E-state index in [1.807, 2.05) is 20.8 Å². The highest BCUT2D eigenvalue weighted by Crippen LogP contribution is 2.40. The Hall–Kier alpha value is -0.610. The maximum Gasteiger partial charge on any atom is 0.309 e. The molecule has 0 aromatic carbocycles. The third-order valence-electron chi connectivity index (χ3n) is 2.41. The molecule has 4 nitrogen and oxygen atoms in total. The van der Waals surface area contributed by atoms with Gasteiger partial charge in [-0.1, -0.05) is 0 Å². The van der Waals surface area contributed by atoms with Crippen molar-refractivity contribution >= 4 is 5.97 Å². The Kier molecular flexibility index (Phi) is 4.74. The summed E-state index contributed by atoms with van der Waals surface area (Å²) < 4.78 is 10.6. The highest BCUT2D eigenvalue weighted by atomic mass is 16.6. The fraction of sp³-hybridized carbons (Fsp3) is 0.917. The number of rotatable bonds is 6. The Bertz CT molecular complexity index is 232. The molecule has 0 aliphatic heterocycles. The maximum atomic E-state index is 11.6. The molecule has 0 radical (unpaired) electrons. The molecule has 1 rings (SSSR count). The van der Waals surface area contributed by atoms with Gasteiger partial charge >= 0.3 is 5.97 Å². The largest absolute Gasteiger partial charge is 0.460 e. The van der Waals surface area contributed by atoms with E-state index in [1.54, 1.807) is 0 Å². The number of aliphatic hydroxyl groups excluding tert-OH is 1. The molecular formula is C12H22O4. The molecule has 0 spiro atoms. The summed E-state index contributed by atoms with van der Waals surface area (Å²) in [6, 6.07) is 0. The molecule has 0 bridgehead atoms. The quantitative estimate of drug-likeness (QED) is 0.553. The summed E-state index contributed by atoms with van der Waals surface area (Å²) in [5.41, 5.74) is -0.401. The van der Waals surface area contributed by atoms with Gasteiger partial charge in [-0.15, -0.1) is 0 Å². The third-order valence-corrected chi connectivity index (χ3v) is 2.41. The Balaban J connectivity index is 2.11. The van der Waals surface area contributed by atoms with E-state index in [2.05, 4.69) is 0 Å². The summed E-state index contributed by atoms with van der Waals surface area (Å²) in [6.45, 7) is 6.94. The highest BCUT2D eigenvalue weighted by Gasteiger charge is 2.45. The molecule has 0 amide bonds. The lowest BCUT2D eigenvalue weighted by Crippen LogP contribution is -2.25. The van der Waals surface area contributed by atoms with Crippen LogP contribution in [0.3, 0.4) is 0 Å².